The first-order valence-electron chi connectivity index (χ1n) is 7.91. The summed E-state index contributed by atoms with van der Waals surface area (Å²) in [4.78, 5) is 11.0. The van der Waals surface area contributed by atoms with Gasteiger partial charge in [-0.25, -0.2) is 0 Å². The molecule has 0 spiro atoms. The van der Waals surface area contributed by atoms with Crippen molar-refractivity contribution in [3.05, 3.63) is 73.2 Å². The number of alkyl halides is 3. The van der Waals surface area contributed by atoms with Crippen LogP contribution in [0.25, 0.3) is 6.08 Å². The highest BCUT2D eigenvalue weighted by atomic mass is 35.5. The zero-order chi connectivity index (χ0) is 21.1. The van der Waals surface area contributed by atoms with Crippen molar-refractivity contribution in [3.8, 4) is 0 Å². The van der Waals surface area contributed by atoms with Crippen LogP contribution in [-0.2, 0) is 11.3 Å². The van der Waals surface area contributed by atoms with E-state index in [-0.39, 0.29) is 33.1 Å². The van der Waals surface area contributed by atoms with Crippen molar-refractivity contribution in [3.63, 3.8) is 0 Å². The highest BCUT2D eigenvalue weighted by molar-refractivity contribution is 6.48. The van der Waals surface area contributed by atoms with Crippen molar-refractivity contribution >= 4 is 58.4 Å². The third kappa shape index (κ3) is 6.05. The Kier molecular flexibility index (Phi) is 7.68. The Bertz CT molecular complexity index is 890. The Hall–Kier alpha value is -1.40. The second-order valence-electron chi connectivity index (χ2n) is 5.94. The Balaban J connectivity index is 2.32. The van der Waals surface area contributed by atoms with Crippen LogP contribution in [-0.4, -0.2) is 12.1 Å². The normalized spacial score (nSPS) is 13.0. The van der Waals surface area contributed by atoms with Gasteiger partial charge in [0.25, 0.3) is 0 Å². The molecule has 150 valence electrons. The van der Waals surface area contributed by atoms with E-state index in [0.717, 1.165) is 18.2 Å². The molecule has 0 aromatic heterocycles. The fourth-order valence-electron chi connectivity index (χ4n) is 2.40. The van der Waals surface area contributed by atoms with Crippen molar-refractivity contribution < 1.29 is 18.0 Å². The largest absolute Gasteiger partial charge is 0.399 e. The summed E-state index contributed by atoms with van der Waals surface area (Å²) >= 11 is 23.7. The number of hydrogen-bond acceptors (Lipinski definition) is 1. The number of rotatable bonds is 5. The molecule has 0 radical (unpaired) electrons. The van der Waals surface area contributed by atoms with Crippen LogP contribution in [0.15, 0.2) is 36.4 Å². The van der Waals surface area contributed by atoms with Gasteiger partial charge in [0.05, 0.1) is 21.0 Å². The summed E-state index contributed by atoms with van der Waals surface area (Å²) in [5.74, 6) is -2.15. The second-order valence-corrected chi connectivity index (χ2v) is 7.54. The van der Waals surface area contributed by atoms with E-state index in [1.807, 2.05) is 0 Å². The molecule has 1 N–H and O–H groups in total. The van der Waals surface area contributed by atoms with Crippen molar-refractivity contribution in [1.82, 2.24) is 5.32 Å². The Morgan fingerprint density at radius 3 is 2.18 bits per heavy atom. The van der Waals surface area contributed by atoms with Gasteiger partial charge in [-0.1, -0.05) is 70.7 Å². The van der Waals surface area contributed by atoms with Gasteiger partial charge in [0.1, 0.15) is 0 Å². The number of benzene rings is 2. The minimum Gasteiger partial charge on any atom is -0.352 e. The number of halogens is 7. The van der Waals surface area contributed by atoms with Gasteiger partial charge in [-0.3, -0.25) is 4.79 Å². The predicted molar refractivity (Wildman–Crippen MR) is 108 cm³/mol. The van der Waals surface area contributed by atoms with Crippen molar-refractivity contribution in [2.45, 2.75) is 25.6 Å². The summed E-state index contributed by atoms with van der Waals surface area (Å²) in [5, 5.41) is 2.82. The molecule has 0 fully saturated rings. The SMILES string of the molecule is CC(=O)NCc1ccc(/C=C/C(c2cc(Cl)c(Cl)c(Cl)c2)C(F)(F)F)cc1Cl. The average Bonchev–Trinajstić information content (AvgIpc) is 2.57. The molecule has 0 saturated carbocycles. The fourth-order valence-corrected chi connectivity index (χ4v) is 3.27. The highest BCUT2D eigenvalue weighted by Gasteiger charge is 2.39. The minimum atomic E-state index is -4.56. The van der Waals surface area contributed by atoms with Crippen molar-refractivity contribution in [2.24, 2.45) is 0 Å². The van der Waals surface area contributed by atoms with E-state index in [2.05, 4.69) is 5.32 Å². The van der Waals surface area contributed by atoms with Crippen LogP contribution in [0.2, 0.25) is 20.1 Å². The van der Waals surface area contributed by atoms with Crippen LogP contribution in [0.5, 0.6) is 0 Å². The molecular formula is C19H14Cl4F3NO. The molecule has 2 nitrogen and oxygen atoms in total. The van der Waals surface area contributed by atoms with E-state index in [1.165, 1.54) is 19.1 Å². The number of hydrogen-bond donors (Lipinski definition) is 1. The Morgan fingerprint density at radius 1 is 1.07 bits per heavy atom. The van der Waals surface area contributed by atoms with Gasteiger partial charge in [-0.15, -0.1) is 0 Å². The van der Waals surface area contributed by atoms with Crippen LogP contribution < -0.4 is 5.32 Å². The van der Waals surface area contributed by atoms with E-state index in [9.17, 15) is 18.0 Å². The van der Waals surface area contributed by atoms with E-state index in [4.69, 9.17) is 46.4 Å². The number of amides is 1. The minimum absolute atomic E-state index is 0.00136. The van der Waals surface area contributed by atoms with Gasteiger partial charge in [0.2, 0.25) is 5.91 Å². The average molecular weight is 471 g/mol. The van der Waals surface area contributed by atoms with Crippen molar-refractivity contribution in [1.29, 1.82) is 0 Å². The maximum atomic E-state index is 13.6. The first-order chi connectivity index (χ1) is 13.0. The van der Waals surface area contributed by atoms with Crippen LogP contribution in [0.1, 0.15) is 29.5 Å². The fraction of sp³-hybridized carbons (Fsp3) is 0.211. The molecule has 0 aliphatic heterocycles. The van der Waals surface area contributed by atoms with Crippen LogP contribution in [0, 0.1) is 0 Å². The maximum Gasteiger partial charge on any atom is 0.399 e. The molecule has 1 atom stereocenters. The van der Waals surface area contributed by atoms with Gasteiger partial charge >= 0.3 is 6.18 Å². The number of carbonyl (C=O) groups is 1. The van der Waals surface area contributed by atoms with E-state index in [0.29, 0.717) is 16.1 Å². The lowest BCUT2D eigenvalue weighted by Gasteiger charge is -2.18. The standard InChI is InChI=1S/C19H14Cl4F3NO/c1-10(28)27-9-12-4-2-11(6-15(12)20)3-5-14(19(24,25)26)13-7-16(21)18(23)17(22)8-13/h2-8,14H,9H2,1H3,(H,27,28)/b5-3+. The van der Waals surface area contributed by atoms with Crippen LogP contribution in [0.4, 0.5) is 13.2 Å². The molecule has 28 heavy (non-hydrogen) atoms. The summed E-state index contributed by atoms with van der Waals surface area (Å²) in [6, 6.07) is 7.04. The first-order valence-corrected chi connectivity index (χ1v) is 9.42. The predicted octanol–water partition coefficient (Wildman–Crippen LogP) is 7.30. The molecule has 0 aliphatic carbocycles. The smallest absolute Gasteiger partial charge is 0.352 e. The molecule has 0 heterocycles. The monoisotopic (exact) mass is 469 g/mol. The molecule has 0 aliphatic rings. The third-order valence-corrected chi connectivity index (χ3v) is 5.35. The lowest BCUT2D eigenvalue weighted by atomic mass is 9.97. The topological polar surface area (TPSA) is 29.1 Å². The van der Waals surface area contributed by atoms with Gasteiger partial charge in [-0.2, -0.15) is 13.2 Å². The third-order valence-electron chi connectivity index (χ3n) is 3.80. The summed E-state index contributed by atoms with van der Waals surface area (Å²) < 4.78 is 40.7. The summed E-state index contributed by atoms with van der Waals surface area (Å²) in [7, 11) is 0. The second kappa shape index (κ2) is 9.40. The van der Waals surface area contributed by atoms with Crippen molar-refractivity contribution in [2.75, 3.05) is 0 Å². The van der Waals surface area contributed by atoms with E-state index < -0.39 is 12.1 Å². The summed E-state index contributed by atoms with van der Waals surface area (Å²) in [5.41, 5.74) is 0.992. The molecule has 0 saturated heterocycles. The van der Waals surface area contributed by atoms with Gasteiger partial charge in [-0.05, 0) is 34.9 Å². The lowest BCUT2D eigenvalue weighted by molar-refractivity contribution is -0.139. The quantitative estimate of drug-likeness (QED) is 0.456. The Labute approximate surface area is 180 Å². The molecule has 1 unspecified atom stereocenters. The molecule has 2 aromatic rings. The summed E-state index contributed by atoms with van der Waals surface area (Å²) in [6.07, 6.45) is -2.26. The summed E-state index contributed by atoms with van der Waals surface area (Å²) in [6.45, 7) is 1.60. The molecule has 9 heteroatoms. The number of nitrogens with one attached hydrogen (secondary N) is 1. The number of allylic oxidation sites excluding steroid dienone is 1. The van der Waals surface area contributed by atoms with Gasteiger partial charge in [0.15, 0.2) is 0 Å². The van der Waals surface area contributed by atoms with Crippen LogP contribution in [0.3, 0.4) is 0 Å². The maximum absolute atomic E-state index is 13.6. The molecule has 2 aromatic carbocycles. The zero-order valence-electron chi connectivity index (χ0n) is 14.4. The first kappa shape index (κ1) is 22.9. The zero-order valence-corrected chi connectivity index (χ0v) is 17.4. The lowest BCUT2D eigenvalue weighted by Crippen LogP contribution is -2.19. The van der Waals surface area contributed by atoms with Crippen LogP contribution >= 0.6 is 46.4 Å². The number of carbonyl (C=O) groups excluding carboxylic acids is 1. The van der Waals surface area contributed by atoms with Gasteiger partial charge in [0, 0.05) is 18.5 Å². The molecular weight excluding hydrogens is 457 g/mol. The molecule has 2 rings (SSSR count). The van der Waals surface area contributed by atoms with E-state index >= 15 is 0 Å². The Morgan fingerprint density at radius 2 is 1.68 bits per heavy atom. The van der Waals surface area contributed by atoms with Gasteiger partial charge < -0.3 is 5.32 Å². The molecule has 0 bridgehead atoms. The van der Waals surface area contributed by atoms with E-state index in [1.54, 1.807) is 12.1 Å². The highest BCUT2D eigenvalue weighted by Crippen LogP contribution is 2.41. The molecule has 1 amide bonds.